The van der Waals surface area contributed by atoms with Crippen LogP contribution in [0.3, 0.4) is 0 Å². The van der Waals surface area contributed by atoms with Gasteiger partial charge in [-0.3, -0.25) is 4.98 Å². The molecule has 0 aliphatic rings. The van der Waals surface area contributed by atoms with E-state index >= 15 is 0 Å². The fraction of sp³-hybridized carbons (Fsp3) is 0.188. The molecule has 2 heterocycles. The first kappa shape index (κ1) is 17.1. The molecule has 3 rings (SSSR count). The van der Waals surface area contributed by atoms with Crippen molar-refractivity contribution in [3.05, 3.63) is 60.7 Å². The van der Waals surface area contributed by atoms with Gasteiger partial charge in [-0.05, 0) is 31.2 Å². The highest BCUT2D eigenvalue weighted by Crippen LogP contribution is 2.23. The number of ether oxygens (including phenoxy) is 1. The molecule has 3 aromatic rings. The highest BCUT2D eigenvalue weighted by atomic mass is 32.2. The standard InChI is InChI=1S/C16H17N5O3S/c1-2-24-15-5-3-4-6-16(15)25(22,23)18-11-13-12-21(20-19-13)14-7-9-17-10-8-14/h3-10,12,18H,2,11H2,1H3. The van der Waals surface area contributed by atoms with Crippen LogP contribution in [-0.4, -0.2) is 35.0 Å². The van der Waals surface area contributed by atoms with Crippen molar-refractivity contribution in [1.82, 2.24) is 24.7 Å². The zero-order valence-electron chi connectivity index (χ0n) is 13.5. The summed E-state index contributed by atoms with van der Waals surface area (Å²) in [5.41, 5.74) is 1.28. The highest BCUT2D eigenvalue weighted by Gasteiger charge is 2.19. The molecule has 0 saturated carbocycles. The summed E-state index contributed by atoms with van der Waals surface area (Å²) < 4.78 is 34.5. The maximum atomic E-state index is 12.5. The van der Waals surface area contributed by atoms with Crippen LogP contribution in [0.5, 0.6) is 5.75 Å². The third-order valence-electron chi connectivity index (χ3n) is 3.35. The van der Waals surface area contributed by atoms with E-state index < -0.39 is 10.0 Å². The second kappa shape index (κ2) is 7.41. The Kier molecular flexibility index (Phi) is 5.05. The number of hydrogen-bond donors (Lipinski definition) is 1. The Morgan fingerprint density at radius 3 is 2.68 bits per heavy atom. The van der Waals surface area contributed by atoms with Crippen molar-refractivity contribution in [3.8, 4) is 11.4 Å². The topological polar surface area (TPSA) is 99.0 Å². The van der Waals surface area contributed by atoms with Crippen molar-refractivity contribution in [1.29, 1.82) is 0 Å². The van der Waals surface area contributed by atoms with Crippen molar-refractivity contribution in [3.63, 3.8) is 0 Å². The number of rotatable bonds is 7. The lowest BCUT2D eigenvalue weighted by atomic mass is 10.3. The number of sulfonamides is 1. The summed E-state index contributed by atoms with van der Waals surface area (Å²) in [7, 11) is -3.73. The summed E-state index contributed by atoms with van der Waals surface area (Å²) in [5, 5.41) is 7.97. The van der Waals surface area contributed by atoms with Crippen molar-refractivity contribution in [2.75, 3.05) is 6.61 Å². The summed E-state index contributed by atoms with van der Waals surface area (Å²) in [6.45, 7) is 2.20. The first-order valence-electron chi connectivity index (χ1n) is 7.63. The molecule has 8 nitrogen and oxygen atoms in total. The molecule has 0 saturated heterocycles. The summed E-state index contributed by atoms with van der Waals surface area (Å²) >= 11 is 0. The summed E-state index contributed by atoms with van der Waals surface area (Å²) in [6.07, 6.45) is 4.94. The molecule has 1 N–H and O–H groups in total. The van der Waals surface area contributed by atoms with Gasteiger partial charge in [0, 0.05) is 12.4 Å². The van der Waals surface area contributed by atoms with Crippen molar-refractivity contribution in [2.45, 2.75) is 18.4 Å². The van der Waals surface area contributed by atoms with Gasteiger partial charge in [0.1, 0.15) is 10.6 Å². The van der Waals surface area contributed by atoms with Crippen LogP contribution in [-0.2, 0) is 16.6 Å². The Morgan fingerprint density at radius 2 is 1.92 bits per heavy atom. The molecule has 0 amide bonds. The van der Waals surface area contributed by atoms with E-state index in [4.69, 9.17) is 4.74 Å². The van der Waals surface area contributed by atoms with Crippen LogP contribution in [0.4, 0.5) is 0 Å². The molecule has 0 aliphatic carbocycles. The molecule has 0 unspecified atom stereocenters. The van der Waals surface area contributed by atoms with Crippen LogP contribution in [0, 0.1) is 0 Å². The molecule has 130 valence electrons. The number of aromatic nitrogens is 4. The van der Waals surface area contributed by atoms with Gasteiger partial charge in [0.25, 0.3) is 0 Å². The lowest BCUT2D eigenvalue weighted by Crippen LogP contribution is -2.24. The van der Waals surface area contributed by atoms with E-state index in [0.717, 1.165) is 5.69 Å². The first-order valence-corrected chi connectivity index (χ1v) is 9.11. The highest BCUT2D eigenvalue weighted by molar-refractivity contribution is 7.89. The zero-order valence-corrected chi connectivity index (χ0v) is 14.3. The number of hydrogen-bond acceptors (Lipinski definition) is 6. The molecule has 0 spiro atoms. The lowest BCUT2D eigenvalue weighted by molar-refractivity contribution is 0.331. The monoisotopic (exact) mass is 359 g/mol. The smallest absolute Gasteiger partial charge is 0.244 e. The maximum Gasteiger partial charge on any atom is 0.244 e. The number of nitrogens with one attached hydrogen (secondary N) is 1. The maximum absolute atomic E-state index is 12.5. The van der Waals surface area contributed by atoms with Gasteiger partial charge in [0.05, 0.1) is 30.7 Å². The predicted octanol–water partition coefficient (Wildman–Crippen LogP) is 1.54. The molecule has 0 fully saturated rings. The van der Waals surface area contributed by atoms with Gasteiger partial charge < -0.3 is 4.74 Å². The molecule has 0 bridgehead atoms. The van der Waals surface area contributed by atoms with Crippen LogP contribution in [0.2, 0.25) is 0 Å². The van der Waals surface area contributed by atoms with Gasteiger partial charge in [-0.2, -0.15) is 0 Å². The fourth-order valence-corrected chi connectivity index (χ4v) is 3.34. The zero-order chi connectivity index (χ0) is 17.7. The van der Waals surface area contributed by atoms with E-state index in [0.29, 0.717) is 18.1 Å². The van der Waals surface area contributed by atoms with E-state index in [-0.39, 0.29) is 11.4 Å². The molecular weight excluding hydrogens is 342 g/mol. The third-order valence-corrected chi connectivity index (χ3v) is 4.79. The average Bonchev–Trinajstić information content (AvgIpc) is 3.11. The van der Waals surface area contributed by atoms with E-state index in [1.165, 1.54) is 6.07 Å². The molecule has 2 aromatic heterocycles. The molecule has 9 heteroatoms. The normalized spacial score (nSPS) is 11.4. The SMILES string of the molecule is CCOc1ccccc1S(=O)(=O)NCc1cn(-c2ccncc2)nn1. The van der Waals surface area contributed by atoms with Crippen LogP contribution in [0.15, 0.2) is 59.9 Å². The minimum Gasteiger partial charge on any atom is -0.492 e. The van der Waals surface area contributed by atoms with Crippen LogP contribution in [0.25, 0.3) is 5.69 Å². The van der Waals surface area contributed by atoms with Gasteiger partial charge in [-0.15, -0.1) is 5.10 Å². The second-order valence-corrected chi connectivity index (χ2v) is 6.80. The van der Waals surface area contributed by atoms with Gasteiger partial charge in [0.15, 0.2) is 0 Å². The average molecular weight is 359 g/mol. The largest absolute Gasteiger partial charge is 0.492 e. The summed E-state index contributed by atoms with van der Waals surface area (Å²) in [4.78, 5) is 4.03. The van der Waals surface area contributed by atoms with Crippen molar-refractivity contribution >= 4 is 10.0 Å². The molecule has 0 aliphatic heterocycles. The number of pyridine rings is 1. The van der Waals surface area contributed by atoms with Gasteiger partial charge in [-0.1, -0.05) is 17.3 Å². The molecule has 0 radical (unpaired) electrons. The lowest BCUT2D eigenvalue weighted by Gasteiger charge is -2.10. The van der Waals surface area contributed by atoms with E-state index in [1.54, 1.807) is 60.5 Å². The first-order chi connectivity index (χ1) is 12.1. The fourth-order valence-electron chi connectivity index (χ4n) is 2.20. The van der Waals surface area contributed by atoms with Gasteiger partial charge >= 0.3 is 0 Å². The number of benzene rings is 1. The number of nitrogens with zero attached hydrogens (tertiary/aromatic N) is 4. The van der Waals surface area contributed by atoms with Gasteiger partial charge in [0.2, 0.25) is 10.0 Å². The minimum atomic E-state index is -3.73. The van der Waals surface area contributed by atoms with Gasteiger partial charge in [-0.25, -0.2) is 17.8 Å². The molecule has 0 atom stereocenters. The van der Waals surface area contributed by atoms with E-state index in [1.807, 2.05) is 0 Å². The predicted molar refractivity (Wildman–Crippen MR) is 90.8 cm³/mol. The summed E-state index contributed by atoms with van der Waals surface area (Å²) in [6, 6.07) is 10.1. The Labute approximate surface area is 145 Å². The molecule has 1 aromatic carbocycles. The third kappa shape index (κ3) is 4.01. The number of para-hydroxylation sites is 1. The van der Waals surface area contributed by atoms with E-state index in [2.05, 4.69) is 20.0 Å². The minimum absolute atomic E-state index is 0.0217. The van der Waals surface area contributed by atoms with Crippen LogP contribution in [0.1, 0.15) is 12.6 Å². The molecule has 25 heavy (non-hydrogen) atoms. The van der Waals surface area contributed by atoms with Crippen molar-refractivity contribution < 1.29 is 13.2 Å². The Bertz CT molecular complexity index is 941. The Balaban J connectivity index is 1.74. The Morgan fingerprint density at radius 1 is 1.16 bits per heavy atom. The Hall–Kier alpha value is -2.78. The van der Waals surface area contributed by atoms with E-state index in [9.17, 15) is 8.42 Å². The molecular formula is C16H17N5O3S. The second-order valence-electron chi connectivity index (χ2n) is 5.06. The van der Waals surface area contributed by atoms with Crippen molar-refractivity contribution in [2.24, 2.45) is 0 Å². The quantitative estimate of drug-likeness (QED) is 0.687. The summed E-state index contributed by atoms with van der Waals surface area (Å²) in [5.74, 6) is 0.318. The van der Waals surface area contributed by atoms with Crippen LogP contribution < -0.4 is 9.46 Å². The van der Waals surface area contributed by atoms with Crippen LogP contribution >= 0.6 is 0 Å².